The maximum Gasteiger partial charge on any atom is 0.417 e. The van der Waals surface area contributed by atoms with E-state index in [4.69, 9.17) is 9.47 Å². The molecule has 0 unspecified atom stereocenters. The first-order valence-corrected chi connectivity index (χ1v) is 11.1. The summed E-state index contributed by atoms with van der Waals surface area (Å²) in [6.45, 7) is 4.80. The Bertz CT molecular complexity index is 1180. The van der Waals surface area contributed by atoms with Crippen molar-refractivity contribution in [2.75, 3.05) is 13.2 Å². The van der Waals surface area contributed by atoms with Gasteiger partial charge in [0.15, 0.2) is 0 Å². The Labute approximate surface area is 204 Å². The molecule has 1 aliphatic heterocycles. The third kappa shape index (κ3) is 5.91. The fourth-order valence-corrected chi connectivity index (χ4v) is 4.20. The van der Waals surface area contributed by atoms with Crippen molar-refractivity contribution in [1.29, 1.82) is 0 Å². The largest absolute Gasteiger partial charge is 0.463 e. The lowest BCUT2D eigenvalue weighted by Gasteiger charge is -2.41. The molecule has 190 valence electrons. The van der Waals surface area contributed by atoms with Gasteiger partial charge in [0.1, 0.15) is 5.76 Å². The number of alkyl halides is 6. The van der Waals surface area contributed by atoms with E-state index in [1.54, 1.807) is 0 Å². The van der Waals surface area contributed by atoms with E-state index in [1.165, 1.54) is 0 Å². The van der Waals surface area contributed by atoms with Crippen molar-refractivity contribution in [3.8, 4) is 0 Å². The van der Waals surface area contributed by atoms with Crippen LogP contribution in [0, 0.1) is 0 Å². The molecular formula is C27H23F6NO2. The highest BCUT2D eigenvalue weighted by Gasteiger charge is 2.40. The minimum absolute atomic E-state index is 0.211. The van der Waals surface area contributed by atoms with Crippen LogP contribution < -0.4 is 0 Å². The van der Waals surface area contributed by atoms with Gasteiger partial charge in [-0.15, -0.1) is 0 Å². The first-order valence-electron chi connectivity index (χ1n) is 11.1. The molecule has 9 heteroatoms. The molecule has 1 aliphatic rings. The van der Waals surface area contributed by atoms with Crippen LogP contribution >= 0.6 is 0 Å². The van der Waals surface area contributed by atoms with Crippen molar-refractivity contribution in [3.63, 3.8) is 0 Å². The number of ether oxygens (including phenoxy) is 2. The van der Waals surface area contributed by atoms with Crippen LogP contribution in [0.25, 0.3) is 5.76 Å². The third-order valence-corrected chi connectivity index (χ3v) is 5.89. The predicted octanol–water partition coefficient (Wildman–Crippen LogP) is 7.31. The second-order valence-corrected chi connectivity index (χ2v) is 8.35. The highest BCUT2D eigenvalue weighted by molar-refractivity contribution is 5.63. The Morgan fingerprint density at radius 1 is 0.889 bits per heavy atom. The fourth-order valence-electron chi connectivity index (χ4n) is 4.20. The van der Waals surface area contributed by atoms with Crippen LogP contribution in [0.2, 0.25) is 0 Å². The predicted molar refractivity (Wildman–Crippen MR) is 122 cm³/mol. The summed E-state index contributed by atoms with van der Waals surface area (Å²) < 4.78 is 92.4. The molecule has 0 N–H and O–H groups in total. The van der Waals surface area contributed by atoms with Gasteiger partial charge in [0.25, 0.3) is 0 Å². The number of morpholine rings is 1. The van der Waals surface area contributed by atoms with Crippen LogP contribution in [0.3, 0.4) is 0 Å². The van der Waals surface area contributed by atoms with Crippen LogP contribution in [0.5, 0.6) is 0 Å². The van der Waals surface area contributed by atoms with Gasteiger partial charge >= 0.3 is 12.4 Å². The van der Waals surface area contributed by atoms with Crippen molar-refractivity contribution in [2.24, 2.45) is 0 Å². The number of benzene rings is 3. The minimum Gasteiger partial charge on any atom is -0.463 e. The molecule has 4 rings (SSSR count). The van der Waals surface area contributed by atoms with E-state index in [0.29, 0.717) is 31.3 Å². The average Bonchev–Trinajstić information content (AvgIpc) is 2.84. The second-order valence-electron chi connectivity index (χ2n) is 8.35. The minimum atomic E-state index is -4.91. The van der Waals surface area contributed by atoms with E-state index in [9.17, 15) is 26.3 Å². The summed E-state index contributed by atoms with van der Waals surface area (Å²) in [7, 11) is 0. The van der Waals surface area contributed by atoms with Crippen LogP contribution in [0.15, 0.2) is 85.4 Å². The van der Waals surface area contributed by atoms with Crippen molar-refractivity contribution < 1.29 is 35.8 Å². The third-order valence-electron chi connectivity index (χ3n) is 5.89. The van der Waals surface area contributed by atoms with E-state index in [0.717, 1.165) is 11.1 Å². The van der Waals surface area contributed by atoms with Crippen molar-refractivity contribution >= 4 is 5.76 Å². The van der Waals surface area contributed by atoms with Gasteiger partial charge in [-0.2, -0.15) is 26.3 Å². The van der Waals surface area contributed by atoms with E-state index >= 15 is 0 Å². The van der Waals surface area contributed by atoms with Gasteiger partial charge in [-0.05, 0) is 29.3 Å². The molecule has 0 radical (unpaired) electrons. The molecule has 36 heavy (non-hydrogen) atoms. The van der Waals surface area contributed by atoms with Gasteiger partial charge in [0, 0.05) is 18.7 Å². The topological polar surface area (TPSA) is 21.7 Å². The number of hydrogen-bond donors (Lipinski definition) is 0. The molecular weight excluding hydrogens is 484 g/mol. The van der Waals surface area contributed by atoms with E-state index in [2.05, 4.69) is 11.5 Å². The molecule has 0 amide bonds. The first kappa shape index (κ1) is 25.8. The Morgan fingerprint density at radius 3 is 2.14 bits per heavy atom. The summed E-state index contributed by atoms with van der Waals surface area (Å²) in [4.78, 5) is 2.06. The van der Waals surface area contributed by atoms with Crippen LogP contribution in [0.4, 0.5) is 26.3 Å². The lowest BCUT2D eigenvalue weighted by Crippen LogP contribution is -2.45. The number of halogens is 6. The lowest BCUT2D eigenvalue weighted by molar-refractivity contribution is -0.181. The molecule has 1 heterocycles. The summed E-state index contributed by atoms with van der Waals surface area (Å²) in [5.41, 5.74) is -1.49. The molecule has 0 bridgehead atoms. The summed E-state index contributed by atoms with van der Waals surface area (Å²) in [6.07, 6.45) is -10.8. The number of rotatable bonds is 6. The fraction of sp³-hybridized carbons (Fsp3) is 0.259. The van der Waals surface area contributed by atoms with Crippen molar-refractivity contribution in [3.05, 3.63) is 113 Å². The molecule has 1 saturated heterocycles. The van der Waals surface area contributed by atoms with Gasteiger partial charge in [0.05, 0.1) is 23.8 Å². The smallest absolute Gasteiger partial charge is 0.417 e. The summed E-state index contributed by atoms with van der Waals surface area (Å²) in [6, 6.07) is 19.3. The number of nitrogens with zero attached hydrogens (tertiary/aromatic N) is 1. The Morgan fingerprint density at radius 2 is 1.53 bits per heavy atom. The summed E-state index contributed by atoms with van der Waals surface area (Å²) in [5.74, 6) is -0.555. The monoisotopic (exact) mass is 507 g/mol. The Hall–Kier alpha value is -3.30. The van der Waals surface area contributed by atoms with Crippen molar-refractivity contribution in [2.45, 2.75) is 31.2 Å². The number of hydrogen-bond acceptors (Lipinski definition) is 3. The first-order chi connectivity index (χ1) is 17.0. The molecule has 3 aromatic rings. The highest BCUT2D eigenvalue weighted by Crippen LogP contribution is 2.41. The Kier molecular flexibility index (Phi) is 7.42. The SMILES string of the molecule is C=C(O[C@H]1OCCN(Cc2ccccc2)[C@H]1c1ccccc1)c1cc(C(F)(F)F)ccc1C(F)(F)F. The molecule has 0 spiro atoms. The quantitative estimate of drug-likeness (QED) is 0.258. The molecule has 3 nitrogen and oxygen atoms in total. The normalized spacial score (nSPS) is 19.2. The molecule has 0 saturated carbocycles. The molecule has 0 aliphatic carbocycles. The summed E-state index contributed by atoms with van der Waals surface area (Å²) in [5, 5.41) is 0. The van der Waals surface area contributed by atoms with Gasteiger partial charge in [-0.1, -0.05) is 67.2 Å². The standard InChI is InChI=1S/C27H23F6NO2/c1-18(22-16-21(26(28,29)30)12-13-23(22)27(31,32)33)36-25-24(20-10-6-3-7-11-20)34(14-15-35-25)17-19-8-4-2-5-9-19/h2-13,16,24-25H,1,14-15,17H2/t24-,25+/m0/s1. The summed E-state index contributed by atoms with van der Waals surface area (Å²) >= 11 is 0. The van der Waals surface area contributed by atoms with Crippen molar-refractivity contribution in [1.82, 2.24) is 4.90 Å². The zero-order valence-electron chi connectivity index (χ0n) is 19.0. The van der Waals surface area contributed by atoms with E-state index in [1.807, 2.05) is 60.7 Å². The molecule has 0 aromatic heterocycles. The van der Waals surface area contributed by atoms with Gasteiger partial charge < -0.3 is 9.47 Å². The van der Waals surface area contributed by atoms with E-state index < -0.39 is 47.1 Å². The lowest BCUT2D eigenvalue weighted by atomic mass is 10.0. The maximum absolute atomic E-state index is 13.6. The van der Waals surface area contributed by atoms with Gasteiger partial charge in [0.2, 0.25) is 6.29 Å². The maximum atomic E-state index is 13.6. The van der Waals surface area contributed by atoms with Gasteiger partial charge in [-0.3, -0.25) is 4.90 Å². The highest BCUT2D eigenvalue weighted by atomic mass is 19.4. The van der Waals surface area contributed by atoms with Crippen LogP contribution in [-0.2, 0) is 28.4 Å². The molecule has 2 atom stereocenters. The van der Waals surface area contributed by atoms with E-state index in [-0.39, 0.29) is 6.61 Å². The average molecular weight is 507 g/mol. The zero-order valence-corrected chi connectivity index (χ0v) is 19.0. The second kappa shape index (κ2) is 10.4. The Balaban J connectivity index is 1.68. The molecule has 1 fully saturated rings. The van der Waals surface area contributed by atoms with Crippen LogP contribution in [0.1, 0.15) is 33.9 Å². The van der Waals surface area contributed by atoms with Gasteiger partial charge in [-0.25, -0.2) is 0 Å². The molecule has 3 aromatic carbocycles. The zero-order chi connectivity index (χ0) is 25.9. The van der Waals surface area contributed by atoms with Crippen LogP contribution in [-0.4, -0.2) is 24.3 Å².